The second-order valence-electron chi connectivity index (χ2n) is 14.2. The van der Waals surface area contributed by atoms with Crippen molar-refractivity contribution < 1.29 is 19.1 Å². The Kier molecular flexibility index (Phi) is 8.49. The fourth-order valence-electron chi connectivity index (χ4n) is 8.50. The van der Waals surface area contributed by atoms with E-state index in [2.05, 4.69) is 72.3 Å². The average molecular weight is 622 g/mol. The molecule has 2 amide bonds. The first-order valence-electron chi connectivity index (χ1n) is 16.5. The predicted molar refractivity (Wildman–Crippen MR) is 182 cm³/mol. The SMILES string of the molecule is COCC1(C2(Cc3ccc(-c4ccccc4)cc3)CCCCC2)c2c(c3ccccc3n2C)C[C@H](C(N)=O)N1C(=O)OC(C)(C)C. The van der Waals surface area contributed by atoms with E-state index in [1.165, 1.54) is 11.1 Å². The summed E-state index contributed by atoms with van der Waals surface area (Å²) in [4.78, 5) is 29.9. The molecule has 46 heavy (non-hydrogen) atoms. The summed E-state index contributed by atoms with van der Waals surface area (Å²) in [6, 6.07) is 26.6. The van der Waals surface area contributed by atoms with Crippen molar-refractivity contribution in [3.05, 3.63) is 95.7 Å². The van der Waals surface area contributed by atoms with E-state index in [4.69, 9.17) is 15.2 Å². The Hall–Kier alpha value is -4.10. The Morgan fingerprint density at radius 1 is 0.891 bits per heavy atom. The summed E-state index contributed by atoms with van der Waals surface area (Å²) in [7, 11) is 3.77. The third kappa shape index (κ3) is 5.38. The number of fused-ring (bicyclic) bond motifs is 3. The molecule has 1 aliphatic carbocycles. The summed E-state index contributed by atoms with van der Waals surface area (Å²) >= 11 is 0. The van der Waals surface area contributed by atoms with Crippen LogP contribution in [-0.4, -0.2) is 46.8 Å². The van der Waals surface area contributed by atoms with Gasteiger partial charge >= 0.3 is 6.09 Å². The summed E-state index contributed by atoms with van der Waals surface area (Å²) in [5.74, 6) is -0.539. The van der Waals surface area contributed by atoms with E-state index < -0.39 is 34.6 Å². The molecule has 4 aromatic rings. The maximum absolute atomic E-state index is 14.6. The number of hydrogen-bond donors (Lipinski definition) is 1. The van der Waals surface area contributed by atoms with Gasteiger partial charge in [-0.15, -0.1) is 0 Å². The van der Waals surface area contributed by atoms with Crippen molar-refractivity contribution in [2.75, 3.05) is 13.7 Å². The molecular formula is C39H47N3O4. The molecule has 2 atom stereocenters. The molecule has 1 aromatic heterocycles. The minimum atomic E-state index is -1.04. The van der Waals surface area contributed by atoms with Crippen LogP contribution >= 0.6 is 0 Å². The van der Waals surface area contributed by atoms with Gasteiger partial charge in [-0.3, -0.25) is 9.69 Å². The highest BCUT2D eigenvalue weighted by Gasteiger charge is 2.64. The van der Waals surface area contributed by atoms with Gasteiger partial charge in [0.05, 0.1) is 12.3 Å². The van der Waals surface area contributed by atoms with Crippen molar-refractivity contribution in [1.29, 1.82) is 0 Å². The lowest BCUT2D eigenvalue weighted by Gasteiger charge is -2.60. The zero-order valence-electron chi connectivity index (χ0n) is 27.8. The number of methoxy groups -OCH3 is 1. The monoisotopic (exact) mass is 621 g/mol. The third-order valence-electron chi connectivity index (χ3n) is 10.3. The highest BCUT2D eigenvalue weighted by atomic mass is 16.6. The molecule has 2 heterocycles. The quantitative estimate of drug-likeness (QED) is 0.231. The van der Waals surface area contributed by atoms with Gasteiger partial charge in [-0.2, -0.15) is 0 Å². The van der Waals surface area contributed by atoms with Crippen LogP contribution in [0.15, 0.2) is 78.9 Å². The lowest BCUT2D eigenvalue weighted by Crippen LogP contribution is -2.71. The van der Waals surface area contributed by atoms with Gasteiger partial charge in [-0.25, -0.2) is 4.79 Å². The zero-order valence-corrected chi connectivity index (χ0v) is 27.8. The van der Waals surface area contributed by atoms with E-state index in [1.54, 1.807) is 12.0 Å². The van der Waals surface area contributed by atoms with Crippen LogP contribution in [0, 0.1) is 5.41 Å². The van der Waals surface area contributed by atoms with Crippen molar-refractivity contribution >= 4 is 22.9 Å². The molecule has 0 saturated heterocycles. The second kappa shape index (κ2) is 12.3. The number of ether oxygens (including phenoxy) is 2. The first kappa shape index (κ1) is 31.9. The van der Waals surface area contributed by atoms with E-state index in [1.807, 2.05) is 39.0 Å². The van der Waals surface area contributed by atoms with Gasteiger partial charge in [0.15, 0.2) is 0 Å². The number of aromatic nitrogens is 1. The molecule has 242 valence electrons. The maximum atomic E-state index is 14.6. The first-order chi connectivity index (χ1) is 22.0. The molecule has 2 N–H and O–H groups in total. The lowest BCUT2D eigenvalue weighted by atomic mass is 9.55. The number of nitrogens with zero attached hydrogens (tertiary/aromatic N) is 2. The fourth-order valence-corrected chi connectivity index (χ4v) is 8.50. The maximum Gasteiger partial charge on any atom is 0.411 e. The van der Waals surface area contributed by atoms with Crippen LogP contribution < -0.4 is 5.73 Å². The van der Waals surface area contributed by atoms with Gasteiger partial charge in [-0.1, -0.05) is 92.1 Å². The average Bonchev–Trinajstić information content (AvgIpc) is 3.33. The van der Waals surface area contributed by atoms with Crippen molar-refractivity contribution in [1.82, 2.24) is 9.47 Å². The molecule has 7 heteroatoms. The Bertz CT molecular complexity index is 1710. The topological polar surface area (TPSA) is 86.8 Å². The Labute approximate surface area is 272 Å². The molecule has 1 aliphatic heterocycles. The van der Waals surface area contributed by atoms with Crippen molar-refractivity contribution in [2.24, 2.45) is 18.2 Å². The third-order valence-corrected chi connectivity index (χ3v) is 10.3. The van der Waals surface area contributed by atoms with Crippen LogP contribution in [0.3, 0.4) is 0 Å². The van der Waals surface area contributed by atoms with Gasteiger partial charge in [0.2, 0.25) is 5.91 Å². The van der Waals surface area contributed by atoms with Gasteiger partial charge in [-0.05, 0) is 68.4 Å². The molecule has 3 aromatic carbocycles. The summed E-state index contributed by atoms with van der Waals surface area (Å²) in [5, 5.41) is 1.08. The first-order valence-corrected chi connectivity index (χ1v) is 16.5. The standard InChI is InChI=1S/C39H47N3O4/c1-37(2,3)46-36(44)42-33(35(40)43)24-31-30-16-10-11-17-32(30)41(4)34(31)39(42,26-45-5)38(22-12-7-13-23-38)25-27-18-20-29(21-19-27)28-14-8-6-9-15-28/h6,8-11,14-21,33H,7,12-13,22-26H2,1-5H3,(H2,40,43)/t33-,39?/m1/s1. The summed E-state index contributed by atoms with van der Waals surface area (Å²) < 4.78 is 14.6. The molecule has 1 unspecified atom stereocenters. The van der Waals surface area contributed by atoms with Crippen LogP contribution in [-0.2, 0) is 39.7 Å². The van der Waals surface area contributed by atoms with Crippen molar-refractivity contribution in [3.63, 3.8) is 0 Å². The number of para-hydroxylation sites is 1. The Morgan fingerprint density at radius 2 is 1.52 bits per heavy atom. The van der Waals surface area contributed by atoms with Crippen molar-refractivity contribution in [2.45, 2.75) is 82.9 Å². The molecule has 7 nitrogen and oxygen atoms in total. The van der Waals surface area contributed by atoms with E-state index in [0.717, 1.165) is 59.8 Å². The highest BCUT2D eigenvalue weighted by Crippen LogP contribution is 2.59. The van der Waals surface area contributed by atoms with Crippen LogP contribution in [0.4, 0.5) is 4.79 Å². The van der Waals surface area contributed by atoms with Crippen LogP contribution in [0.5, 0.6) is 0 Å². The largest absolute Gasteiger partial charge is 0.444 e. The number of carbonyl (C=O) groups is 2. The van der Waals surface area contributed by atoms with Gasteiger partial charge < -0.3 is 19.8 Å². The molecule has 2 aliphatic rings. The summed E-state index contributed by atoms with van der Waals surface area (Å²) in [6.07, 6.45) is 5.35. The molecule has 1 saturated carbocycles. The number of benzene rings is 3. The number of aryl methyl sites for hydroxylation is 1. The number of nitrogens with two attached hydrogens (primary N) is 1. The lowest BCUT2D eigenvalue weighted by molar-refractivity contribution is -0.147. The number of amides is 2. The minimum Gasteiger partial charge on any atom is -0.444 e. The molecular weight excluding hydrogens is 574 g/mol. The van der Waals surface area contributed by atoms with Crippen LogP contribution in [0.25, 0.3) is 22.0 Å². The normalized spacial score (nSPS) is 21.2. The van der Waals surface area contributed by atoms with E-state index in [-0.39, 0.29) is 6.61 Å². The zero-order chi connectivity index (χ0) is 32.7. The Balaban J connectivity index is 1.62. The summed E-state index contributed by atoms with van der Waals surface area (Å²) in [5.41, 5.74) is 10.6. The molecule has 0 radical (unpaired) electrons. The number of hydrogen-bond acceptors (Lipinski definition) is 4. The van der Waals surface area contributed by atoms with Gasteiger partial charge in [0.25, 0.3) is 0 Å². The van der Waals surface area contributed by atoms with Gasteiger partial charge in [0.1, 0.15) is 17.2 Å². The second-order valence-corrected chi connectivity index (χ2v) is 14.2. The van der Waals surface area contributed by atoms with Crippen LogP contribution in [0.1, 0.15) is 69.7 Å². The number of primary amides is 1. The Morgan fingerprint density at radius 3 is 2.15 bits per heavy atom. The van der Waals surface area contributed by atoms with E-state index in [9.17, 15) is 9.59 Å². The number of rotatable bonds is 7. The van der Waals surface area contributed by atoms with E-state index in [0.29, 0.717) is 12.8 Å². The highest BCUT2D eigenvalue weighted by molar-refractivity contribution is 5.91. The van der Waals surface area contributed by atoms with Crippen LogP contribution in [0.2, 0.25) is 0 Å². The van der Waals surface area contributed by atoms with E-state index >= 15 is 0 Å². The predicted octanol–water partition coefficient (Wildman–Crippen LogP) is 7.53. The molecule has 0 spiro atoms. The minimum absolute atomic E-state index is 0.204. The number of carbonyl (C=O) groups excluding carboxylic acids is 2. The smallest absolute Gasteiger partial charge is 0.411 e. The van der Waals surface area contributed by atoms with Gasteiger partial charge in [0, 0.05) is 36.9 Å². The molecule has 6 rings (SSSR count). The molecule has 1 fully saturated rings. The van der Waals surface area contributed by atoms with Crippen molar-refractivity contribution in [3.8, 4) is 11.1 Å². The fraction of sp³-hybridized carbons (Fsp3) is 0.436. The summed E-state index contributed by atoms with van der Waals surface area (Å²) in [6.45, 7) is 5.78. The molecule has 0 bridgehead atoms.